The summed E-state index contributed by atoms with van der Waals surface area (Å²) in [5, 5.41) is 1.29. The van der Waals surface area contributed by atoms with E-state index in [9.17, 15) is 4.79 Å². The Morgan fingerprint density at radius 2 is 1.79 bits per heavy atom. The Labute approximate surface area is 206 Å². The highest BCUT2D eigenvalue weighted by Crippen LogP contribution is 2.32. The molecule has 178 valence electrons. The first kappa shape index (κ1) is 25.5. The molecule has 0 radical (unpaired) electrons. The summed E-state index contributed by atoms with van der Waals surface area (Å²) in [4.78, 5) is 23.7. The number of aromatic nitrogens is 1. The predicted octanol–water partition coefficient (Wildman–Crippen LogP) is 6.11. The second-order valence-electron chi connectivity index (χ2n) is 8.12. The molecule has 0 aliphatic rings. The van der Waals surface area contributed by atoms with Gasteiger partial charge in [0, 0.05) is 23.2 Å². The van der Waals surface area contributed by atoms with Crippen molar-refractivity contribution in [3.8, 4) is 5.75 Å². The van der Waals surface area contributed by atoms with Crippen molar-refractivity contribution < 1.29 is 9.53 Å². The maximum absolute atomic E-state index is 13.5. The first-order valence-electron chi connectivity index (χ1n) is 11.7. The second kappa shape index (κ2) is 12.4. The van der Waals surface area contributed by atoms with E-state index in [0.717, 1.165) is 46.3 Å². The van der Waals surface area contributed by atoms with Crippen LogP contribution in [-0.2, 0) is 11.2 Å². The van der Waals surface area contributed by atoms with Crippen LogP contribution in [0.2, 0.25) is 0 Å². The lowest BCUT2D eigenvalue weighted by Gasteiger charge is -2.24. The molecule has 0 aliphatic heterocycles. The summed E-state index contributed by atoms with van der Waals surface area (Å²) in [7, 11) is 0. The number of thiazole rings is 1. The molecule has 0 spiro atoms. The lowest BCUT2D eigenvalue weighted by Crippen LogP contribution is -2.39. The van der Waals surface area contributed by atoms with Crippen molar-refractivity contribution in [2.45, 2.75) is 51.2 Å². The zero-order chi connectivity index (χ0) is 23.8. The smallest absolute Gasteiger partial charge is 0.233 e. The number of thioether (sulfide) groups is 1. The van der Waals surface area contributed by atoms with Gasteiger partial charge < -0.3 is 9.64 Å². The molecule has 0 saturated carbocycles. The van der Waals surface area contributed by atoms with Crippen LogP contribution in [0, 0.1) is 0 Å². The fourth-order valence-corrected chi connectivity index (χ4v) is 5.48. The van der Waals surface area contributed by atoms with Gasteiger partial charge in [-0.1, -0.05) is 51.2 Å². The first-order chi connectivity index (χ1) is 15.9. The van der Waals surface area contributed by atoms with Crippen molar-refractivity contribution in [1.82, 2.24) is 9.88 Å². The lowest BCUT2D eigenvalue weighted by molar-refractivity contribution is -0.118. The normalized spacial score (nSPS) is 11.5. The van der Waals surface area contributed by atoms with Crippen LogP contribution in [-0.4, -0.2) is 53.8 Å². The Kier molecular flexibility index (Phi) is 9.59. The molecular formula is C26H35N3O2S2. The summed E-state index contributed by atoms with van der Waals surface area (Å²) in [6.45, 7) is 14.7. The van der Waals surface area contributed by atoms with E-state index in [1.807, 2.05) is 41.8 Å². The van der Waals surface area contributed by atoms with E-state index in [2.05, 4.69) is 56.9 Å². The van der Waals surface area contributed by atoms with Gasteiger partial charge in [0.05, 0.1) is 23.2 Å². The summed E-state index contributed by atoms with van der Waals surface area (Å²) >= 11 is 3.39. The van der Waals surface area contributed by atoms with Crippen LogP contribution < -0.4 is 9.64 Å². The second-order valence-corrected chi connectivity index (χ2v) is 10.8. The van der Waals surface area contributed by atoms with Crippen LogP contribution >= 0.6 is 23.1 Å². The summed E-state index contributed by atoms with van der Waals surface area (Å²) in [6, 6.07) is 14.3. The Hall–Kier alpha value is -2.09. The van der Waals surface area contributed by atoms with Gasteiger partial charge in [0.15, 0.2) is 5.13 Å². The molecule has 3 aromatic rings. The number of benzene rings is 2. The SMILES string of the molecule is CCOc1ccc2nc(N(CCN(CC)CC)C(=O)Cc3ccc(SC(C)C)cc3)sc2c1. The molecule has 33 heavy (non-hydrogen) atoms. The van der Waals surface area contributed by atoms with E-state index in [-0.39, 0.29) is 5.91 Å². The fourth-order valence-electron chi connectivity index (χ4n) is 3.60. The number of carbonyl (C=O) groups is 1. The number of hydrogen-bond donors (Lipinski definition) is 0. The number of fused-ring (bicyclic) bond motifs is 1. The predicted molar refractivity (Wildman–Crippen MR) is 142 cm³/mol. The number of likely N-dealkylation sites (N-methyl/N-ethyl adjacent to an activating group) is 1. The van der Waals surface area contributed by atoms with Crippen molar-refractivity contribution in [1.29, 1.82) is 0 Å². The largest absolute Gasteiger partial charge is 0.494 e. The van der Waals surface area contributed by atoms with Gasteiger partial charge in [0.25, 0.3) is 0 Å². The average Bonchev–Trinajstić information content (AvgIpc) is 3.21. The fraction of sp³-hybridized carbons (Fsp3) is 0.462. The minimum absolute atomic E-state index is 0.0792. The van der Waals surface area contributed by atoms with Crippen LogP contribution in [0.3, 0.4) is 0 Å². The summed E-state index contributed by atoms with van der Waals surface area (Å²) in [5.41, 5.74) is 1.93. The molecule has 0 fully saturated rings. The van der Waals surface area contributed by atoms with E-state index < -0.39 is 0 Å². The quantitative estimate of drug-likeness (QED) is 0.290. The maximum Gasteiger partial charge on any atom is 0.233 e. The molecule has 0 atom stereocenters. The molecule has 7 heteroatoms. The van der Waals surface area contributed by atoms with Crippen LogP contribution in [0.15, 0.2) is 47.4 Å². The molecule has 5 nitrogen and oxygen atoms in total. The zero-order valence-corrected chi connectivity index (χ0v) is 22.0. The van der Waals surface area contributed by atoms with Gasteiger partial charge in [-0.05, 0) is 55.9 Å². The molecule has 2 aromatic carbocycles. The van der Waals surface area contributed by atoms with E-state index in [0.29, 0.717) is 24.8 Å². The summed E-state index contributed by atoms with van der Waals surface area (Å²) < 4.78 is 6.68. The number of rotatable bonds is 12. The third-order valence-electron chi connectivity index (χ3n) is 5.38. The van der Waals surface area contributed by atoms with Crippen molar-refractivity contribution >= 4 is 44.4 Å². The summed E-state index contributed by atoms with van der Waals surface area (Å²) in [6.07, 6.45) is 0.366. The molecule has 0 N–H and O–H groups in total. The van der Waals surface area contributed by atoms with Crippen molar-refractivity contribution in [2.75, 3.05) is 37.7 Å². The lowest BCUT2D eigenvalue weighted by atomic mass is 10.1. The molecule has 1 heterocycles. The van der Waals surface area contributed by atoms with Gasteiger partial charge in [-0.2, -0.15) is 0 Å². The molecule has 1 amide bonds. The molecule has 0 unspecified atom stereocenters. The monoisotopic (exact) mass is 485 g/mol. The number of amides is 1. The average molecular weight is 486 g/mol. The maximum atomic E-state index is 13.5. The van der Waals surface area contributed by atoms with Crippen LogP contribution in [0.5, 0.6) is 5.75 Å². The highest BCUT2D eigenvalue weighted by Gasteiger charge is 2.21. The molecule has 3 rings (SSSR count). The molecule has 0 saturated heterocycles. The number of anilines is 1. The van der Waals surface area contributed by atoms with Crippen molar-refractivity contribution in [2.24, 2.45) is 0 Å². The Morgan fingerprint density at radius 3 is 2.42 bits per heavy atom. The standard InChI is InChI=1S/C26H35N3O2S2/c1-6-28(7-2)15-16-29(25(30)17-20-9-12-22(13-10-20)32-19(4)5)26-27-23-14-11-21(31-8-3)18-24(23)33-26/h9-14,18-19H,6-8,15-17H2,1-5H3. The minimum atomic E-state index is 0.0792. The van der Waals surface area contributed by atoms with Gasteiger partial charge in [-0.3, -0.25) is 9.69 Å². The number of nitrogens with zero attached hydrogens (tertiary/aromatic N) is 3. The van der Waals surface area contributed by atoms with E-state index >= 15 is 0 Å². The highest BCUT2D eigenvalue weighted by molar-refractivity contribution is 7.99. The highest BCUT2D eigenvalue weighted by atomic mass is 32.2. The van der Waals surface area contributed by atoms with Gasteiger partial charge in [-0.25, -0.2) is 4.98 Å². The third kappa shape index (κ3) is 7.19. The Morgan fingerprint density at radius 1 is 1.06 bits per heavy atom. The molecular weight excluding hydrogens is 450 g/mol. The van der Waals surface area contributed by atoms with Crippen LogP contribution in [0.1, 0.15) is 40.2 Å². The summed E-state index contributed by atoms with van der Waals surface area (Å²) in [5.74, 6) is 0.913. The van der Waals surface area contributed by atoms with Crippen LogP contribution in [0.4, 0.5) is 5.13 Å². The first-order valence-corrected chi connectivity index (χ1v) is 13.4. The van der Waals surface area contributed by atoms with Crippen molar-refractivity contribution in [3.05, 3.63) is 48.0 Å². The van der Waals surface area contributed by atoms with E-state index in [1.54, 1.807) is 11.3 Å². The molecule has 1 aromatic heterocycles. The van der Waals surface area contributed by atoms with Gasteiger partial charge >= 0.3 is 0 Å². The number of carbonyl (C=O) groups excluding carboxylic acids is 1. The molecule has 0 aliphatic carbocycles. The number of ether oxygens (including phenoxy) is 1. The van der Waals surface area contributed by atoms with Gasteiger partial charge in [-0.15, -0.1) is 11.8 Å². The minimum Gasteiger partial charge on any atom is -0.494 e. The van der Waals surface area contributed by atoms with E-state index in [4.69, 9.17) is 9.72 Å². The molecule has 0 bridgehead atoms. The van der Waals surface area contributed by atoms with Gasteiger partial charge in [0.1, 0.15) is 5.75 Å². The zero-order valence-electron chi connectivity index (χ0n) is 20.3. The van der Waals surface area contributed by atoms with Crippen molar-refractivity contribution in [3.63, 3.8) is 0 Å². The third-order valence-corrected chi connectivity index (χ3v) is 7.43. The van der Waals surface area contributed by atoms with Crippen LogP contribution in [0.25, 0.3) is 10.2 Å². The number of hydrogen-bond acceptors (Lipinski definition) is 6. The Balaban J connectivity index is 1.82. The van der Waals surface area contributed by atoms with Gasteiger partial charge in [0.2, 0.25) is 5.91 Å². The topological polar surface area (TPSA) is 45.7 Å². The van der Waals surface area contributed by atoms with E-state index in [1.165, 1.54) is 4.90 Å². The Bertz CT molecular complexity index is 1030.